The Hall–Kier alpha value is -0.850. The van der Waals surface area contributed by atoms with E-state index in [0.717, 1.165) is 30.3 Å². The Morgan fingerprint density at radius 3 is 2.67 bits per heavy atom. The predicted molar refractivity (Wildman–Crippen MR) is 92.3 cm³/mol. The van der Waals surface area contributed by atoms with Crippen LogP contribution in [0.25, 0.3) is 0 Å². The van der Waals surface area contributed by atoms with Crippen LogP contribution in [0.15, 0.2) is 23.8 Å². The molecule has 1 saturated carbocycles. The highest BCUT2D eigenvalue weighted by Crippen LogP contribution is 2.58. The van der Waals surface area contributed by atoms with Crippen molar-refractivity contribution in [3.05, 3.63) is 23.8 Å². The summed E-state index contributed by atoms with van der Waals surface area (Å²) in [5.74, 6) is 1.93. The minimum atomic E-state index is 0.306. The first-order chi connectivity index (χ1) is 9.91. The van der Waals surface area contributed by atoms with Gasteiger partial charge in [0, 0.05) is 6.42 Å². The normalized spacial score (nSPS) is 25.9. The summed E-state index contributed by atoms with van der Waals surface area (Å²) >= 11 is 0. The molecule has 0 bridgehead atoms. The number of hydrogen-bond donors (Lipinski definition) is 0. The lowest BCUT2D eigenvalue weighted by atomic mass is 9.89. The Kier molecular flexibility index (Phi) is 7.42. The first-order valence-electron chi connectivity index (χ1n) is 8.70. The number of ketones is 1. The van der Waals surface area contributed by atoms with Crippen molar-refractivity contribution in [1.82, 2.24) is 0 Å². The van der Waals surface area contributed by atoms with E-state index in [1.54, 1.807) is 6.08 Å². The molecular weight excluding hydrogens is 256 g/mol. The van der Waals surface area contributed by atoms with E-state index in [0.29, 0.717) is 11.2 Å². The van der Waals surface area contributed by atoms with Crippen LogP contribution in [0.4, 0.5) is 0 Å². The summed E-state index contributed by atoms with van der Waals surface area (Å²) in [6.07, 6.45) is 14.5. The van der Waals surface area contributed by atoms with Crippen molar-refractivity contribution in [3.63, 3.8) is 0 Å². The second-order valence-corrected chi connectivity index (χ2v) is 7.40. The molecule has 0 aromatic rings. The van der Waals surface area contributed by atoms with Gasteiger partial charge in [0.2, 0.25) is 0 Å². The molecule has 120 valence electrons. The molecule has 3 atom stereocenters. The molecule has 1 nitrogen and oxygen atoms in total. The summed E-state index contributed by atoms with van der Waals surface area (Å²) < 4.78 is 0. The molecule has 1 fully saturated rings. The maximum Gasteiger partial charge on any atom is 0.155 e. The maximum absolute atomic E-state index is 11.8. The molecule has 0 N–H and O–H groups in total. The van der Waals surface area contributed by atoms with Gasteiger partial charge in [-0.25, -0.2) is 0 Å². The Morgan fingerprint density at radius 1 is 1.38 bits per heavy atom. The summed E-state index contributed by atoms with van der Waals surface area (Å²) in [5, 5.41) is 0. The lowest BCUT2D eigenvalue weighted by Crippen LogP contribution is -2.07. The van der Waals surface area contributed by atoms with Crippen LogP contribution in [0.2, 0.25) is 0 Å². The van der Waals surface area contributed by atoms with E-state index < -0.39 is 0 Å². The van der Waals surface area contributed by atoms with E-state index in [2.05, 4.69) is 32.9 Å². The monoisotopic (exact) mass is 290 g/mol. The van der Waals surface area contributed by atoms with Crippen LogP contribution < -0.4 is 0 Å². The van der Waals surface area contributed by atoms with Crippen LogP contribution in [0.3, 0.4) is 0 Å². The first kappa shape index (κ1) is 18.2. The fourth-order valence-corrected chi connectivity index (χ4v) is 3.39. The fraction of sp³-hybridized carbons (Fsp3) is 0.750. The molecule has 0 spiro atoms. The maximum atomic E-state index is 11.8. The van der Waals surface area contributed by atoms with Crippen molar-refractivity contribution in [3.8, 4) is 0 Å². The minimum absolute atomic E-state index is 0.306. The predicted octanol–water partition coefficient (Wildman–Crippen LogP) is 6.10. The van der Waals surface area contributed by atoms with E-state index in [4.69, 9.17) is 0 Å². The van der Waals surface area contributed by atoms with Crippen molar-refractivity contribution in [2.45, 2.75) is 79.6 Å². The molecule has 0 radical (unpaired) electrons. The second-order valence-electron chi connectivity index (χ2n) is 7.40. The highest BCUT2D eigenvalue weighted by Gasteiger charge is 2.48. The quantitative estimate of drug-likeness (QED) is 0.351. The van der Waals surface area contributed by atoms with Gasteiger partial charge in [-0.1, -0.05) is 38.0 Å². The zero-order valence-corrected chi connectivity index (χ0v) is 14.7. The largest absolute Gasteiger partial charge is 0.295 e. The van der Waals surface area contributed by atoms with Gasteiger partial charge in [-0.05, 0) is 76.2 Å². The molecule has 0 aliphatic heterocycles. The van der Waals surface area contributed by atoms with Gasteiger partial charge in [-0.15, -0.1) is 0 Å². The Labute approximate surface area is 131 Å². The zero-order chi connectivity index (χ0) is 15.9. The zero-order valence-electron chi connectivity index (χ0n) is 14.7. The summed E-state index contributed by atoms with van der Waals surface area (Å²) in [4.78, 5) is 11.8. The van der Waals surface area contributed by atoms with Crippen molar-refractivity contribution in [2.24, 2.45) is 17.3 Å². The van der Waals surface area contributed by atoms with Gasteiger partial charge >= 0.3 is 0 Å². The van der Waals surface area contributed by atoms with Crippen molar-refractivity contribution in [2.75, 3.05) is 0 Å². The molecule has 0 aromatic carbocycles. The van der Waals surface area contributed by atoms with Crippen LogP contribution in [-0.2, 0) is 4.79 Å². The fourth-order valence-electron chi connectivity index (χ4n) is 3.39. The molecular formula is C20H34O. The molecule has 3 unspecified atom stereocenters. The van der Waals surface area contributed by atoms with Gasteiger partial charge in [0.15, 0.2) is 5.78 Å². The lowest BCUT2D eigenvalue weighted by molar-refractivity contribution is -0.114. The van der Waals surface area contributed by atoms with Gasteiger partial charge in [-0.2, -0.15) is 0 Å². The van der Waals surface area contributed by atoms with Gasteiger partial charge < -0.3 is 0 Å². The van der Waals surface area contributed by atoms with E-state index in [1.807, 2.05) is 13.8 Å². The third-order valence-corrected chi connectivity index (χ3v) is 5.10. The molecule has 1 aliphatic carbocycles. The summed E-state index contributed by atoms with van der Waals surface area (Å²) in [5.41, 5.74) is 1.70. The topological polar surface area (TPSA) is 17.1 Å². The van der Waals surface area contributed by atoms with Crippen molar-refractivity contribution in [1.29, 1.82) is 0 Å². The number of hydrogen-bond acceptors (Lipinski definition) is 1. The van der Waals surface area contributed by atoms with Crippen LogP contribution in [0.1, 0.15) is 79.6 Å². The van der Waals surface area contributed by atoms with Crippen LogP contribution in [0.5, 0.6) is 0 Å². The molecule has 0 aromatic heterocycles. The average molecular weight is 290 g/mol. The molecule has 0 amide bonds. The lowest BCUT2D eigenvalue weighted by Gasteiger charge is -2.16. The van der Waals surface area contributed by atoms with Gasteiger partial charge in [0.05, 0.1) is 0 Å². The van der Waals surface area contributed by atoms with Crippen molar-refractivity contribution >= 4 is 5.78 Å². The average Bonchev–Trinajstić information content (AvgIpc) is 3.04. The van der Waals surface area contributed by atoms with Gasteiger partial charge in [0.25, 0.3) is 0 Å². The molecule has 0 heterocycles. The molecule has 0 saturated heterocycles. The number of allylic oxidation sites excluding steroid dienone is 4. The van der Waals surface area contributed by atoms with Crippen molar-refractivity contribution < 1.29 is 4.79 Å². The number of rotatable bonds is 10. The summed E-state index contributed by atoms with van der Waals surface area (Å²) in [6.45, 7) is 10.8. The Morgan fingerprint density at radius 2 is 2.10 bits per heavy atom. The van der Waals surface area contributed by atoms with Gasteiger partial charge in [-0.3, -0.25) is 4.79 Å². The smallest absolute Gasteiger partial charge is 0.155 e. The minimum Gasteiger partial charge on any atom is -0.295 e. The van der Waals surface area contributed by atoms with Crippen LogP contribution in [0, 0.1) is 17.3 Å². The second kappa shape index (κ2) is 8.56. The van der Waals surface area contributed by atoms with E-state index in [-0.39, 0.29) is 0 Å². The molecule has 1 aliphatic rings. The first-order valence-corrected chi connectivity index (χ1v) is 8.70. The third-order valence-electron chi connectivity index (χ3n) is 5.10. The Bertz CT molecular complexity index is 387. The van der Waals surface area contributed by atoms with E-state index in [9.17, 15) is 4.79 Å². The third kappa shape index (κ3) is 6.63. The molecule has 1 heteroatoms. The van der Waals surface area contributed by atoms with Gasteiger partial charge in [0.1, 0.15) is 0 Å². The highest BCUT2D eigenvalue weighted by atomic mass is 16.1. The molecule has 21 heavy (non-hydrogen) atoms. The van der Waals surface area contributed by atoms with E-state index >= 15 is 0 Å². The SMILES string of the molecule is C/C=C/CCC1(C)CC1CC(CC)CCC(=O)C=C(C)C. The van der Waals surface area contributed by atoms with Crippen LogP contribution in [-0.4, -0.2) is 5.78 Å². The Balaban J connectivity index is 2.32. The van der Waals surface area contributed by atoms with E-state index in [1.165, 1.54) is 32.1 Å². The van der Waals surface area contributed by atoms with Crippen LogP contribution >= 0.6 is 0 Å². The summed E-state index contributed by atoms with van der Waals surface area (Å²) in [6, 6.07) is 0. The standard InChI is InChI=1S/C20H34O/c1-6-8-9-12-20(5)15-18(20)14-17(7-2)10-11-19(21)13-16(3)4/h6,8,13,17-18H,7,9-12,14-15H2,1-5H3/b8-6+. The highest BCUT2D eigenvalue weighted by molar-refractivity contribution is 5.90. The number of carbonyl (C=O) groups excluding carboxylic acids is 1. The molecule has 1 rings (SSSR count). The summed E-state index contributed by atoms with van der Waals surface area (Å²) in [7, 11) is 0. The number of carbonyl (C=O) groups is 1.